The van der Waals surface area contributed by atoms with Gasteiger partial charge < -0.3 is 4.74 Å². The molecule has 144 valence electrons. The van der Waals surface area contributed by atoms with E-state index in [2.05, 4.69) is 6.07 Å². The molecule has 28 heavy (non-hydrogen) atoms. The van der Waals surface area contributed by atoms with Gasteiger partial charge in [0.15, 0.2) is 0 Å². The van der Waals surface area contributed by atoms with Gasteiger partial charge in [-0.25, -0.2) is 5.01 Å². The van der Waals surface area contributed by atoms with E-state index in [1.165, 1.54) is 17.7 Å². The van der Waals surface area contributed by atoms with E-state index in [0.717, 1.165) is 35.4 Å². The van der Waals surface area contributed by atoms with Crippen LogP contribution >= 0.6 is 0 Å². The van der Waals surface area contributed by atoms with Gasteiger partial charge >= 0.3 is 0 Å². The highest BCUT2D eigenvalue weighted by atomic mass is 16.6. The molecule has 2 atom stereocenters. The Morgan fingerprint density at radius 1 is 1.29 bits per heavy atom. The lowest BCUT2D eigenvalue weighted by molar-refractivity contribution is -0.384. The molecule has 0 saturated heterocycles. The van der Waals surface area contributed by atoms with E-state index in [1.54, 1.807) is 24.3 Å². The van der Waals surface area contributed by atoms with Crippen molar-refractivity contribution in [3.05, 3.63) is 69.3 Å². The van der Waals surface area contributed by atoms with E-state index >= 15 is 0 Å². The standard InChI is InChI=1S/C21H21N3O4/c1-3-19(25)23-21(14-4-8-15(9-5-14)24(26)27)17-11-7-13-6-10-16(28-2)12-18(13)20(17)22-23/h4-6,8-10,12,17,21H,3,7,11H2,1-2H3/t17-,21+/m0/s1. The highest BCUT2D eigenvalue weighted by molar-refractivity contribution is 6.07. The second kappa shape index (κ2) is 7.07. The largest absolute Gasteiger partial charge is 0.497 e. The van der Waals surface area contributed by atoms with Crippen LogP contribution in [-0.2, 0) is 11.2 Å². The molecular formula is C21H21N3O4. The Hall–Kier alpha value is -3.22. The van der Waals surface area contributed by atoms with Crippen molar-refractivity contribution >= 4 is 17.3 Å². The summed E-state index contributed by atoms with van der Waals surface area (Å²) in [6.45, 7) is 1.81. The lowest BCUT2D eigenvalue weighted by Gasteiger charge is -2.29. The van der Waals surface area contributed by atoms with E-state index in [-0.39, 0.29) is 23.6 Å². The molecule has 0 aromatic heterocycles. The van der Waals surface area contributed by atoms with Gasteiger partial charge in [-0.1, -0.05) is 25.1 Å². The summed E-state index contributed by atoms with van der Waals surface area (Å²) in [5.41, 5.74) is 4.01. The Labute approximate surface area is 162 Å². The van der Waals surface area contributed by atoms with Gasteiger partial charge in [0.25, 0.3) is 5.69 Å². The first-order chi connectivity index (χ1) is 13.5. The van der Waals surface area contributed by atoms with Crippen molar-refractivity contribution in [1.82, 2.24) is 5.01 Å². The van der Waals surface area contributed by atoms with Crippen molar-refractivity contribution in [2.24, 2.45) is 11.0 Å². The fourth-order valence-corrected chi connectivity index (χ4v) is 4.11. The second-order valence-corrected chi connectivity index (χ2v) is 7.04. The summed E-state index contributed by atoms with van der Waals surface area (Å²) < 4.78 is 5.37. The van der Waals surface area contributed by atoms with Crippen LogP contribution < -0.4 is 4.74 Å². The molecule has 7 heteroatoms. The van der Waals surface area contributed by atoms with Crippen molar-refractivity contribution in [3.8, 4) is 5.75 Å². The van der Waals surface area contributed by atoms with Crippen LogP contribution in [-0.4, -0.2) is 28.7 Å². The number of carbonyl (C=O) groups excluding carboxylic acids is 1. The highest BCUT2D eigenvalue weighted by Gasteiger charge is 2.43. The molecule has 0 radical (unpaired) electrons. The number of hydrogen-bond donors (Lipinski definition) is 0. The quantitative estimate of drug-likeness (QED) is 0.596. The van der Waals surface area contributed by atoms with Gasteiger partial charge in [-0.15, -0.1) is 0 Å². The van der Waals surface area contributed by atoms with E-state index in [4.69, 9.17) is 9.84 Å². The van der Waals surface area contributed by atoms with Gasteiger partial charge in [-0.3, -0.25) is 14.9 Å². The number of amides is 1. The van der Waals surface area contributed by atoms with Gasteiger partial charge in [0.05, 0.1) is 23.8 Å². The van der Waals surface area contributed by atoms with Gasteiger partial charge in [0.2, 0.25) is 5.91 Å². The smallest absolute Gasteiger partial charge is 0.269 e. The summed E-state index contributed by atoms with van der Waals surface area (Å²) >= 11 is 0. The lowest BCUT2D eigenvalue weighted by atomic mass is 9.77. The highest BCUT2D eigenvalue weighted by Crippen LogP contribution is 2.44. The summed E-state index contributed by atoms with van der Waals surface area (Å²) in [7, 11) is 1.63. The van der Waals surface area contributed by atoms with E-state index in [1.807, 2.05) is 19.1 Å². The first-order valence-corrected chi connectivity index (χ1v) is 9.35. The van der Waals surface area contributed by atoms with Crippen LogP contribution in [0.25, 0.3) is 0 Å². The van der Waals surface area contributed by atoms with E-state index in [9.17, 15) is 14.9 Å². The number of nitro benzene ring substituents is 1. The van der Waals surface area contributed by atoms with Crippen molar-refractivity contribution in [2.45, 2.75) is 32.2 Å². The fourth-order valence-electron chi connectivity index (χ4n) is 4.11. The molecule has 0 saturated carbocycles. The zero-order valence-corrected chi connectivity index (χ0v) is 15.8. The number of hydrazone groups is 1. The molecule has 1 heterocycles. The third kappa shape index (κ3) is 2.93. The molecule has 4 rings (SSSR count). The first-order valence-electron chi connectivity index (χ1n) is 9.35. The predicted octanol–water partition coefficient (Wildman–Crippen LogP) is 3.86. The summed E-state index contributed by atoms with van der Waals surface area (Å²) in [6.07, 6.45) is 2.10. The molecule has 1 aliphatic heterocycles. The molecule has 0 N–H and O–H groups in total. The number of nitro groups is 1. The number of carbonyl (C=O) groups is 1. The number of methoxy groups -OCH3 is 1. The van der Waals surface area contributed by atoms with Crippen molar-refractivity contribution in [3.63, 3.8) is 0 Å². The Kier molecular flexibility index (Phi) is 4.58. The lowest BCUT2D eigenvalue weighted by Crippen LogP contribution is -2.31. The van der Waals surface area contributed by atoms with Gasteiger partial charge in [-0.05, 0) is 36.1 Å². The molecule has 7 nitrogen and oxygen atoms in total. The maximum atomic E-state index is 12.6. The molecule has 0 spiro atoms. The van der Waals surface area contributed by atoms with Crippen molar-refractivity contribution < 1.29 is 14.5 Å². The van der Waals surface area contributed by atoms with Crippen LogP contribution in [0.5, 0.6) is 5.75 Å². The zero-order chi connectivity index (χ0) is 19.8. The average Bonchev–Trinajstić information content (AvgIpc) is 3.12. The van der Waals surface area contributed by atoms with E-state index < -0.39 is 4.92 Å². The Morgan fingerprint density at radius 2 is 2.04 bits per heavy atom. The van der Waals surface area contributed by atoms with Gasteiger partial charge in [0, 0.05) is 30.0 Å². The summed E-state index contributed by atoms with van der Waals surface area (Å²) in [4.78, 5) is 23.2. The number of ether oxygens (including phenoxy) is 1. The third-order valence-corrected chi connectivity index (χ3v) is 5.53. The van der Waals surface area contributed by atoms with Crippen LogP contribution in [0.4, 0.5) is 5.69 Å². The van der Waals surface area contributed by atoms with Gasteiger partial charge in [0.1, 0.15) is 5.75 Å². The molecule has 0 unspecified atom stereocenters. The normalized spacial score (nSPS) is 20.2. The monoisotopic (exact) mass is 379 g/mol. The van der Waals surface area contributed by atoms with Crippen molar-refractivity contribution in [1.29, 1.82) is 0 Å². The number of non-ortho nitro benzene ring substituents is 1. The fraction of sp³-hybridized carbons (Fsp3) is 0.333. The van der Waals surface area contributed by atoms with Crippen LogP contribution in [0.1, 0.15) is 42.5 Å². The Balaban J connectivity index is 1.77. The Morgan fingerprint density at radius 3 is 2.68 bits per heavy atom. The molecule has 2 aromatic rings. The topological polar surface area (TPSA) is 85.0 Å². The maximum Gasteiger partial charge on any atom is 0.269 e. The summed E-state index contributed by atoms with van der Waals surface area (Å²) in [5.74, 6) is 0.750. The average molecular weight is 379 g/mol. The first kappa shape index (κ1) is 18.2. The third-order valence-electron chi connectivity index (χ3n) is 5.53. The number of benzene rings is 2. The number of aryl methyl sites for hydroxylation is 1. The van der Waals surface area contributed by atoms with Crippen LogP contribution in [0.3, 0.4) is 0 Å². The number of hydrogen-bond acceptors (Lipinski definition) is 5. The molecule has 2 aliphatic rings. The molecule has 0 fully saturated rings. The Bertz CT molecular complexity index is 968. The number of fused-ring (bicyclic) bond motifs is 3. The predicted molar refractivity (Wildman–Crippen MR) is 104 cm³/mol. The van der Waals surface area contributed by atoms with Crippen LogP contribution in [0, 0.1) is 16.0 Å². The molecule has 0 bridgehead atoms. The minimum atomic E-state index is -0.418. The number of rotatable bonds is 4. The molecular weight excluding hydrogens is 358 g/mol. The molecule has 1 amide bonds. The summed E-state index contributed by atoms with van der Waals surface area (Å²) in [6, 6.07) is 12.2. The van der Waals surface area contributed by atoms with Crippen molar-refractivity contribution in [2.75, 3.05) is 7.11 Å². The summed E-state index contributed by atoms with van der Waals surface area (Å²) in [5, 5.41) is 17.3. The minimum absolute atomic E-state index is 0.0370. The van der Waals surface area contributed by atoms with Gasteiger partial charge in [-0.2, -0.15) is 5.10 Å². The SMILES string of the molecule is CCC(=O)N1N=C2c3cc(OC)ccc3CC[C@@H]2[C@H]1c1ccc([N+](=O)[O-])cc1. The second-order valence-electron chi connectivity index (χ2n) is 7.04. The number of nitrogens with zero attached hydrogens (tertiary/aromatic N) is 3. The maximum absolute atomic E-state index is 12.6. The van der Waals surface area contributed by atoms with Crippen LogP contribution in [0.15, 0.2) is 47.6 Å². The van der Waals surface area contributed by atoms with E-state index in [0.29, 0.717) is 6.42 Å². The van der Waals surface area contributed by atoms with Crippen LogP contribution in [0.2, 0.25) is 0 Å². The zero-order valence-electron chi connectivity index (χ0n) is 15.8. The minimum Gasteiger partial charge on any atom is -0.497 e. The molecule has 1 aliphatic carbocycles. The molecule has 2 aromatic carbocycles.